The van der Waals surface area contributed by atoms with Gasteiger partial charge in [-0.15, -0.1) is 0 Å². The number of benzene rings is 2. The van der Waals surface area contributed by atoms with E-state index in [1.54, 1.807) is 12.1 Å². The fraction of sp³-hybridized carbons (Fsp3) is 0.250. The van der Waals surface area contributed by atoms with Gasteiger partial charge in [0, 0.05) is 10.6 Å². The summed E-state index contributed by atoms with van der Waals surface area (Å²) in [4.78, 5) is 16.7. The summed E-state index contributed by atoms with van der Waals surface area (Å²) in [7, 11) is 0. The van der Waals surface area contributed by atoms with Gasteiger partial charge < -0.3 is 9.84 Å². The second kappa shape index (κ2) is 8.66. The molecule has 0 unspecified atom stereocenters. The van der Waals surface area contributed by atoms with Crippen LogP contribution in [0.3, 0.4) is 0 Å². The van der Waals surface area contributed by atoms with Crippen LogP contribution in [-0.2, 0) is 6.61 Å². The van der Waals surface area contributed by atoms with Crippen LogP contribution in [0.4, 0.5) is 0 Å². The third-order valence-electron chi connectivity index (χ3n) is 4.74. The molecule has 2 aromatic carbocycles. The van der Waals surface area contributed by atoms with Crippen molar-refractivity contribution in [1.29, 1.82) is 0 Å². The lowest BCUT2D eigenvalue weighted by atomic mass is 9.95. The molecule has 0 aliphatic rings. The molecule has 0 bridgehead atoms. The highest BCUT2D eigenvalue weighted by Crippen LogP contribution is 2.32. The molecule has 1 N–H and O–H groups in total. The maximum absolute atomic E-state index is 12.0. The van der Waals surface area contributed by atoms with Crippen LogP contribution in [0.1, 0.15) is 52.6 Å². The zero-order valence-electron chi connectivity index (χ0n) is 17.0. The van der Waals surface area contributed by atoms with Crippen molar-refractivity contribution in [3.8, 4) is 16.9 Å². The first-order chi connectivity index (χ1) is 13.8. The summed E-state index contributed by atoms with van der Waals surface area (Å²) in [5, 5.41) is 10.4. The van der Waals surface area contributed by atoms with Gasteiger partial charge in [0.05, 0.1) is 17.0 Å². The van der Waals surface area contributed by atoms with Gasteiger partial charge in [-0.2, -0.15) is 0 Å². The van der Waals surface area contributed by atoms with E-state index in [1.165, 1.54) is 0 Å². The molecule has 150 valence electrons. The van der Waals surface area contributed by atoms with Crippen molar-refractivity contribution < 1.29 is 14.6 Å². The molecule has 0 aliphatic heterocycles. The molecule has 29 heavy (non-hydrogen) atoms. The van der Waals surface area contributed by atoms with Crippen molar-refractivity contribution in [2.45, 2.75) is 40.2 Å². The lowest BCUT2D eigenvalue weighted by Crippen LogP contribution is -2.12. The Labute approximate surface area is 176 Å². The summed E-state index contributed by atoms with van der Waals surface area (Å²) < 4.78 is 5.92. The van der Waals surface area contributed by atoms with E-state index >= 15 is 0 Å². The van der Waals surface area contributed by atoms with Crippen molar-refractivity contribution in [3.63, 3.8) is 0 Å². The molecule has 0 radical (unpaired) electrons. The lowest BCUT2D eigenvalue weighted by Gasteiger charge is -2.17. The van der Waals surface area contributed by atoms with Crippen molar-refractivity contribution in [2.75, 3.05) is 0 Å². The van der Waals surface area contributed by atoms with E-state index in [2.05, 4.69) is 0 Å². The van der Waals surface area contributed by atoms with Crippen LogP contribution in [0.2, 0.25) is 5.02 Å². The summed E-state index contributed by atoms with van der Waals surface area (Å²) in [6, 6.07) is 14.9. The molecule has 3 aromatic rings. The zero-order chi connectivity index (χ0) is 21.1. The molecule has 0 fully saturated rings. The predicted molar refractivity (Wildman–Crippen MR) is 116 cm³/mol. The van der Waals surface area contributed by atoms with Gasteiger partial charge in [-0.1, -0.05) is 55.3 Å². The van der Waals surface area contributed by atoms with Crippen molar-refractivity contribution in [3.05, 3.63) is 81.6 Å². The highest BCUT2D eigenvalue weighted by Gasteiger charge is 2.20. The number of aromatic carboxylic acids is 1. The van der Waals surface area contributed by atoms with Gasteiger partial charge in [0.1, 0.15) is 12.4 Å². The molecule has 0 saturated heterocycles. The van der Waals surface area contributed by atoms with E-state index in [9.17, 15) is 9.90 Å². The highest BCUT2D eigenvalue weighted by atomic mass is 35.5. The quantitative estimate of drug-likeness (QED) is 0.510. The number of carboxylic acid groups (broad SMARTS) is 1. The molecular weight excluding hydrogens is 386 g/mol. The number of pyridine rings is 1. The Morgan fingerprint density at radius 1 is 1.14 bits per heavy atom. The van der Waals surface area contributed by atoms with Gasteiger partial charge in [0.2, 0.25) is 0 Å². The topological polar surface area (TPSA) is 59.4 Å². The normalized spacial score (nSPS) is 11.0. The van der Waals surface area contributed by atoms with Crippen LogP contribution < -0.4 is 4.74 Å². The van der Waals surface area contributed by atoms with Crippen LogP contribution in [0.15, 0.2) is 48.5 Å². The second-order valence-electron chi connectivity index (χ2n) is 7.44. The largest absolute Gasteiger partial charge is 0.487 e. The first-order valence-electron chi connectivity index (χ1n) is 9.49. The summed E-state index contributed by atoms with van der Waals surface area (Å²) in [6.45, 7) is 8.14. The molecule has 3 rings (SSSR count). The fourth-order valence-corrected chi connectivity index (χ4v) is 3.49. The van der Waals surface area contributed by atoms with Crippen molar-refractivity contribution in [2.24, 2.45) is 0 Å². The SMILES string of the molecule is Cc1ccc(OCc2nc(C(C)C)c(-c3cccc(Cl)c3)cc2C(=O)O)c(C)c1. The number of hydrogen-bond acceptors (Lipinski definition) is 3. The van der Waals surface area contributed by atoms with E-state index in [4.69, 9.17) is 21.3 Å². The molecule has 0 amide bonds. The van der Waals surface area contributed by atoms with Crippen LogP contribution in [-0.4, -0.2) is 16.1 Å². The third-order valence-corrected chi connectivity index (χ3v) is 4.97. The molecule has 1 aromatic heterocycles. The average molecular weight is 410 g/mol. The van der Waals surface area contributed by atoms with Gasteiger partial charge in [0.15, 0.2) is 0 Å². The standard InChI is InChI=1S/C24H24ClNO3/c1-14(2)23-19(17-6-5-7-18(25)11-17)12-20(24(27)28)21(26-23)13-29-22-9-8-15(3)10-16(22)4/h5-12,14H,13H2,1-4H3,(H,27,28). The molecular formula is C24H24ClNO3. The zero-order valence-corrected chi connectivity index (χ0v) is 17.7. The number of aromatic nitrogens is 1. The van der Waals surface area contributed by atoms with Gasteiger partial charge in [-0.05, 0) is 55.2 Å². The first kappa shape index (κ1) is 20.9. The minimum atomic E-state index is -1.03. The Hall–Kier alpha value is -2.85. The summed E-state index contributed by atoms with van der Waals surface area (Å²) in [5.74, 6) is -0.208. The number of carboxylic acids is 1. The number of rotatable bonds is 6. The van der Waals surface area contributed by atoms with E-state index in [-0.39, 0.29) is 18.1 Å². The highest BCUT2D eigenvalue weighted by molar-refractivity contribution is 6.30. The van der Waals surface area contributed by atoms with E-state index in [0.717, 1.165) is 33.7 Å². The van der Waals surface area contributed by atoms with Gasteiger partial charge >= 0.3 is 5.97 Å². The molecule has 0 spiro atoms. The fourth-order valence-electron chi connectivity index (χ4n) is 3.30. The summed E-state index contributed by atoms with van der Waals surface area (Å²) in [6.07, 6.45) is 0. The lowest BCUT2D eigenvalue weighted by molar-refractivity contribution is 0.0693. The Kier molecular flexibility index (Phi) is 6.23. The summed E-state index contributed by atoms with van der Waals surface area (Å²) >= 11 is 6.15. The molecule has 5 heteroatoms. The number of halogens is 1. The Balaban J connectivity index is 2.05. The third kappa shape index (κ3) is 4.77. The van der Waals surface area contributed by atoms with Crippen LogP contribution in [0, 0.1) is 13.8 Å². The smallest absolute Gasteiger partial charge is 0.337 e. The maximum atomic E-state index is 12.0. The van der Waals surface area contributed by atoms with Gasteiger partial charge in [0.25, 0.3) is 0 Å². The minimum Gasteiger partial charge on any atom is -0.487 e. The molecule has 1 heterocycles. The van der Waals surface area contributed by atoms with Crippen molar-refractivity contribution >= 4 is 17.6 Å². The predicted octanol–water partition coefficient (Wildman–Crippen LogP) is 6.42. The average Bonchev–Trinajstić information content (AvgIpc) is 2.66. The maximum Gasteiger partial charge on any atom is 0.337 e. The van der Waals surface area contributed by atoms with E-state index in [1.807, 2.05) is 64.1 Å². The van der Waals surface area contributed by atoms with Crippen LogP contribution in [0.25, 0.3) is 11.1 Å². The van der Waals surface area contributed by atoms with E-state index in [0.29, 0.717) is 10.7 Å². The first-order valence-corrected chi connectivity index (χ1v) is 9.87. The monoisotopic (exact) mass is 409 g/mol. The number of aryl methyl sites for hydroxylation is 2. The molecule has 0 aliphatic carbocycles. The molecule has 0 atom stereocenters. The number of carbonyl (C=O) groups is 1. The van der Waals surface area contributed by atoms with Gasteiger partial charge in [-0.3, -0.25) is 4.98 Å². The molecule has 0 saturated carbocycles. The number of hydrogen-bond donors (Lipinski definition) is 1. The Morgan fingerprint density at radius 3 is 2.52 bits per heavy atom. The van der Waals surface area contributed by atoms with Gasteiger partial charge in [-0.25, -0.2) is 4.79 Å². The van der Waals surface area contributed by atoms with E-state index < -0.39 is 5.97 Å². The second-order valence-corrected chi connectivity index (χ2v) is 7.88. The molecule has 4 nitrogen and oxygen atoms in total. The van der Waals surface area contributed by atoms with Crippen molar-refractivity contribution in [1.82, 2.24) is 4.98 Å². The minimum absolute atomic E-state index is 0.0844. The summed E-state index contributed by atoms with van der Waals surface area (Å²) in [5.41, 5.74) is 5.12. The number of ether oxygens (including phenoxy) is 1. The number of nitrogens with zero attached hydrogens (tertiary/aromatic N) is 1. The Bertz CT molecular complexity index is 1060. The van der Waals surface area contributed by atoms with Crippen LogP contribution in [0.5, 0.6) is 5.75 Å². The van der Waals surface area contributed by atoms with Crippen LogP contribution >= 0.6 is 11.6 Å². The Morgan fingerprint density at radius 2 is 1.90 bits per heavy atom.